The molecular formula is C16H20N2O4S. The van der Waals surface area contributed by atoms with Crippen LogP contribution in [0.2, 0.25) is 0 Å². The van der Waals surface area contributed by atoms with Crippen LogP contribution in [0.1, 0.15) is 18.5 Å². The number of nitrogens with one attached hydrogen (secondary N) is 2. The lowest BCUT2D eigenvalue weighted by molar-refractivity contribution is -0.138. The molecule has 0 bridgehead atoms. The number of amides is 2. The lowest BCUT2D eigenvalue weighted by Gasteiger charge is -2.28. The Morgan fingerprint density at radius 3 is 2.87 bits per heavy atom. The van der Waals surface area contributed by atoms with Gasteiger partial charge in [0, 0.05) is 11.4 Å². The fourth-order valence-electron chi connectivity index (χ4n) is 2.33. The van der Waals surface area contributed by atoms with E-state index in [0.717, 1.165) is 11.3 Å². The number of hydrogen-bond acceptors (Lipinski definition) is 5. The molecule has 2 amide bonds. The van der Waals surface area contributed by atoms with E-state index >= 15 is 0 Å². The van der Waals surface area contributed by atoms with E-state index in [9.17, 15) is 9.59 Å². The summed E-state index contributed by atoms with van der Waals surface area (Å²) in [6.45, 7) is 2.02. The molecule has 0 fully saturated rings. The highest BCUT2D eigenvalue weighted by Crippen LogP contribution is 2.29. The topological polar surface area (TPSA) is 76.7 Å². The molecule has 6 nitrogen and oxygen atoms in total. The summed E-state index contributed by atoms with van der Waals surface area (Å²) in [4.78, 5) is 24.2. The molecule has 2 rings (SSSR count). The molecule has 0 saturated carbocycles. The highest BCUT2D eigenvalue weighted by Gasteiger charge is 2.32. The first kappa shape index (κ1) is 17.2. The summed E-state index contributed by atoms with van der Waals surface area (Å²) in [5.74, 6) is 0.946. The van der Waals surface area contributed by atoms with Crippen molar-refractivity contribution in [2.75, 3.05) is 25.7 Å². The van der Waals surface area contributed by atoms with Gasteiger partial charge in [-0.3, -0.25) is 0 Å². The summed E-state index contributed by atoms with van der Waals surface area (Å²) in [6.07, 6.45) is 1.94. The van der Waals surface area contributed by atoms with Gasteiger partial charge in [-0.15, -0.1) is 0 Å². The van der Waals surface area contributed by atoms with Crippen LogP contribution >= 0.6 is 11.8 Å². The zero-order chi connectivity index (χ0) is 16.8. The number of carbonyl (C=O) groups excluding carboxylic acids is 2. The molecule has 1 atom stereocenters. The minimum absolute atomic E-state index is 0.329. The number of benzene rings is 1. The van der Waals surface area contributed by atoms with Gasteiger partial charge >= 0.3 is 12.0 Å². The van der Waals surface area contributed by atoms with Crippen LogP contribution in [-0.2, 0) is 9.53 Å². The van der Waals surface area contributed by atoms with Gasteiger partial charge in [-0.05, 0) is 30.9 Å². The van der Waals surface area contributed by atoms with Gasteiger partial charge in [-0.25, -0.2) is 9.59 Å². The zero-order valence-electron chi connectivity index (χ0n) is 13.3. The van der Waals surface area contributed by atoms with Crippen molar-refractivity contribution in [1.29, 1.82) is 0 Å². The van der Waals surface area contributed by atoms with E-state index in [0.29, 0.717) is 23.6 Å². The molecule has 0 aromatic heterocycles. The van der Waals surface area contributed by atoms with E-state index in [4.69, 9.17) is 9.47 Å². The summed E-state index contributed by atoms with van der Waals surface area (Å²) < 4.78 is 10.5. The van der Waals surface area contributed by atoms with Crippen molar-refractivity contribution in [1.82, 2.24) is 10.6 Å². The van der Waals surface area contributed by atoms with Gasteiger partial charge in [0.25, 0.3) is 0 Å². The Morgan fingerprint density at radius 1 is 1.39 bits per heavy atom. The SMILES string of the molecule is COc1cccc(C2NC(=O)NC(C)=C2C(=O)OCCSC)c1. The van der Waals surface area contributed by atoms with Gasteiger partial charge in [0.05, 0.1) is 18.7 Å². The molecule has 1 heterocycles. The first-order valence-corrected chi connectivity index (χ1v) is 8.54. The van der Waals surface area contributed by atoms with E-state index in [1.807, 2.05) is 18.4 Å². The van der Waals surface area contributed by atoms with Crippen molar-refractivity contribution in [3.63, 3.8) is 0 Å². The number of hydrogen-bond donors (Lipinski definition) is 2. The van der Waals surface area contributed by atoms with Crippen LogP contribution in [-0.4, -0.2) is 37.7 Å². The molecule has 1 aromatic rings. The summed E-state index contributed by atoms with van der Waals surface area (Å²) in [6, 6.07) is 6.32. The first-order valence-electron chi connectivity index (χ1n) is 7.15. The quantitative estimate of drug-likeness (QED) is 0.615. The lowest BCUT2D eigenvalue weighted by Crippen LogP contribution is -2.45. The lowest BCUT2D eigenvalue weighted by atomic mass is 9.95. The number of carbonyl (C=O) groups is 2. The Labute approximate surface area is 139 Å². The smallest absolute Gasteiger partial charge is 0.338 e. The van der Waals surface area contributed by atoms with Crippen LogP contribution in [0.15, 0.2) is 35.5 Å². The Morgan fingerprint density at radius 2 is 2.17 bits per heavy atom. The number of thioether (sulfide) groups is 1. The third-order valence-electron chi connectivity index (χ3n) is 3.44. The maximum absolute atomic E-state index is 12.4. The van der Waals surface area contributed by atoms with Crippen molar-refractivity contribution in [3.8, 4) is 5.75 Å². The largest absolute Gasteiger partial charge is 0.497 e. The minimum atomic E-state index is -0.569. The maximum Gasteiger partial charge on any atom is 0.338 e. The summed E-state index contributed by atoms with van der Waals surface area (Å²) in [7, 11) is 1.57. The third-order valence-corrected chi connectivity index (χ3v) is 4.01. The monoisotopic (exact) mass is 336 g/mol. The molecule has 1 aromatic carbocycles. The maximum atomic E-state index is 12.4. The summed E-state index contributed by atoms with van der Waals surface area (Å²) >= 11 is 1.60. The molecule has 7 heteroatoms. The van der Waals surface area contributed by atoms with Crippen molar-refractivity contribution in [2.24, 2.45) is 0 Å². The van der Waals surface area contributed by atoms with Gasteiger partial charge in [0.1, 0.15) is 12.4 Å². The Bertz CT molecular complexity index is 630. The van der Waals surface area contributed by atoms with Crippen molar-refractivity contribution in [3.05, 3.63) is 41.1 Å². The highest BCUT2D eigenvalue weighted by atomic mass is 32.2. The molecule has 23 heavy (non-hydrogen) atoms. The average Bonchev–Trinajstić information content (AvgIpc) is 2.54. The van der Waals surface area contributed by atoms with E-state index in [2.05, 4.69) is 10.6 Å². The van der Waals surface area contributed by atoms with Crippen LogP contribution in [0, 0.1) is 0 Å². The molecule has 1 unspecified atom stereocenters. The number of urea groups is 1. The molecule has 0 spiro atoms. The second kappa shape index (κ2) is 7.92. The normalized spacial score (nSPS) is 17.3. The molecule has 1 aliphatic heterocycles. The second-order valence-corrected chi connectivity index (χ2v) is 5.96. The van der Waals surface area contributed by atoms with Gasteiger partial charge in [-0.2, -0.15) is 11.8 Å². The second-order valence-electron chi connectivity index (χ2n) is 4.98. The van der Waals surface area contributed by atoms with Crippen LogP contribution in [0.25, 0.3) is 0 Å². The third kappa shape index (κ3) is 4.19. The molecule has 124 valence electrons. The zero-order valence-corrected chi connectivity index (χ0v) is 14.2. The standard InChI is InChI=1S/C16H20N2O4S/c1-10-13(15(19)22-7-8-23-3)14(18-16(20)17-10)11-5-4-6-12(9-11)21-2/h4-6,9,14H,7-8H2,1-3H3,(H2,17,18,20). The minimum Gasteiger partial charge on any atom is -0.497 e. The fourth-order valence-corrected chi connectivity index (χ4v) is 2.58. The van der Waals surface area contributed by atoms with Crippen molar-refractivity contribution >= 4 is 23.8 Å². The van der Waals surface area contributed by atoms with Crippen LogP contribution in [0.5, 0.6) is 5.75 Å². The molecule has 0 aliphatic carbocycles. The van der Waals surface area contributed by atoms with E-state index in [-0.39, 0.29) is 6.03 Å². The van der Waals surface area contributed by atoms with Gasteiger partial charge < -0.3 is 20.1 Å². The van der Waals surface area contributed by atoms with E-state index in [1.165, 1.54) is 0 Å². The number of methoxy groups -OCH3 is 1. The highest BCUT2D eigenvalue weighted by molar-refractivity contribution is 7.98. The molecule has 0 radical (unpaired) electrons. The average molecular weight is 336 g/mol. The van der Waals surface area contributed by atoms with Crippen LogP contribution in [0.3, 0.4) is 0 Å². The molecule has 0 saturated heterocycles. The van der Waals surface area contributed by atoms with Crippen molar-refractivity contribution < 1.29 is 19.1 Å². The van der Waals surface area contributed by atoms with Crippen LogP contribution in [0.4, 0.5) is 4.79 Å². The number of ether oxygens (including phenoxy) is 2. The number of rotatable bonds is 6. The predicted octanol–water partition coefficient (Wildman–Crippen LogP) is 2.23. The van der Waals surface area contributed by atoms with Gasteiger partial charge in [0.15, 0.2) is 0 Å². The molecule has 1 aliphatic rings. The van der Waals surface area contributed by atoms with Crippen molar-refractivity contribution in [2.45, 2.75) is 13.0 Å². The predicted molar refractivity (Wildman–Crippen MR) is 89.4 cm³/mol. The van der Waals surface area contributed by atoms with Gasteiger partial charge in [0.2, 0.25) is 0 Å². The first-order chi connectivity index (χ1) is 11.1. The summed E-state index contributed by atoms with van der Waals surface area (Å²) in [5.41, 5.74) is 1.66. The Balaban J connectivity index is 2.32. The number of esters is 1. The summed E-state index contributed by atoms with van der Waals surface area (Å²) in [5, 5.41) is 5.39. The Hall–Kier alpha value is -2.15. The number of allylic oxidation sites excluding steroid dienone is 1. The Kier molecular flexibility index (Phi) is 5.92. The molecule has 2 N–H and O–H groups in total. The molecular weight excluding hydrogens is 316 g/mol. The van der Waals surface area contributed by atoms with E-state index < -0.39 is 12.0 Å². The fraction of sp³-hybridized carbons (Fsp3) is 0.375. The van der Waals surface area contributed by atoms with Gasteiger partial charge in [-0.1, -0.05) is 12.1 Å². The van der Waals surface area contributed by atoms with E-state index in [1.54, 1.807) is 37.9 Å². The van der Waals surface area contributed by atoms with Crippen LogP contribution < -0.4 is 15.4 Å².